The average Bonchev–Trinajstić information content (AvgIpc) is 2.35. The van der Waals surface area contributed by atoms with Crippen LogP contribution in [-0.4, -0.2) is 25.2 Å². The molecule has 19 heavy (non-hydrogen) atoms. The van der Waals surface area contributed by atoms with Crippen LogP contribution in [0, 0.1) is 5.82 Å². The van der Waals surface area contributed by atoms with Crippen molar-refractivity contribution in [3.63, 3.8) is 0 Å². The molecule has 0 saturated heterocycles. The minimum atomic E-state index is -0.506. The van der Waals surface area contributed by atoms with Gasteiger partial charge >= 0.3 is 5.97 Å². The summed E-state index contributed by atoms with van der Waals surface area (Å²) < 4.78 is 23.7. The molecule has 1 rings (SSSR count). The molecule has 0 radical (unpaired) electrons. The predicted molar refractivity (Wildman–Crippen MR) is 70.5 cm³/mol. The monoisotopic (exact) mass is 269 g/mol. The van der Waals surface area contributed by atoms with E-state index in [1.54, 1.807) is 19.1 Å². The quantitative estimate of drug-likeness (QED) is 0.771. The normalized spacial score (nSPS) is 10.6. The topological polar surface area (TPSA) is 47.6 Å². The van der Waals surface area contributed by atoms with Crippen LogP contribution in [0.15, 0.2) is 18.2 Å². The van der Waals surface area contributed by atoms with Crippen molar-refractivity contribution < 1.29 is 18.7 Å². The Morgan fingerprint density at radius 3 is 2.79 bits per heavy atom. The zero-order valence-corrected chi connectivity index (χ0v) is 11.5. The van der Waals surface area contributed by atoms with Crippen molar-refractivity contribution >= 4 is 5.97 Å². The van der Waals surface area contributed by atoms with Gasteiger partial charge in [-0.25, -0.2) is 9.18 Å². The van der Waals surface area contributed by atoms with Gasteiger partial charge in [0.25, 0.3) is 0 Å². The number of benzene rings is 1. The Bertz CT molecular complexity index is 421. The molecule has 0 atom stereocenters. The molecule has 1 aromatic rings. The third kappa shape index (κ3) is 5.26. The van der Waals surface area contributed by atoms with Crippen LogP contribution in [0.5, 0.6) is 5.75 Å². The Balaban J connectivity index is 2.71. The van der Waals surface area contributed by atoms with Crippen molar-refractivity contribution in [2.45, 2.75) is 33.4 Å². The first kappa shape index (κ1) is 15.4. The standard InChI is InChI=1S/C14H20FNO3/c1-4-18-13(17)9-19-14-11(8-16-10(2)3)6-5-7-12(14)15/h5-7,10,16H,4,8-9H2,1-3H3. The molecular formula is C14H20FNO3. The lowest BCUT2D eigenvalue weighted by Crippen LogP contribution is -2.23. The van der Waals surface area contributed by atoms with Gasteiger partial charge in [0.2, 0.25) is 0 Å². The van der Waals surface area contributed by atoms with Crippen LogP contribution in [0.2, 0.25) is 0 Å². The molecule has 1 N–H and O–H groups in total. The summed E-state index contributed by atoms with van der Waals surface area (Å²) in [5, 5.41) is 3.18. The van der Waals surface area contributed by atoms with E-state index in [-0.39, 0.29) is 25.0 Å². The Morgan fingerprint density at radius 2 is 2.16 bits per heavy atom. The molecule has 0 unspecified atom stereocenters. The fraction of sp³-hybridized carbons (Fsp3) is 0.500. The number of hydrogen-bond donors (Lipinski definition) is 1. The molecule has 0 saturated carbocycles. The largest absolute Gasteiger partial charge is 0.478 e. The summed E-state index contributed by atoms with van der Waals surface area (Å²) in [6, 6.07) is 4.96. The van der Waals surface area contributed by atoms with E-state index in [2.05, 4.69) is 5.32 Å². The smallest absolute Gasteiger partial charge is 0.344 e. The average molecular weight is 269 g/mol. The molecular weight excluding hydrogens is 249 g/mol. The predicted octanol–water partition coefficient (Wildman–Crippen LogP) is 2.27. The molecule has 0 spiro atoms. The number of rotatable bonds is 7. The maximum absolute atomic E-state index is 13.7. The molecule has 1 aromatic carbocycles. The lowest BCUT2D eigenvalue weighted by atomic mass is 10.2. The van der Waals surface area contributed by atoms with E-state index in [0.717, 1.165) is 0 Å². The first-order chi connectivity index (χ1) is 9.04. The second kappa shape index (κ2) is 7.74. The Morgan fingerprint density at radius 1 is 1.42 bits per heavy atom. The first-order valence-corrected chi connectivity index (χ1v) is 6.33. The van der Waals surface area contributed by atoms with Gasteiger partial charge in [-0.1, -0.05) is 26.0 Å². The van der Waals surface area contributed by atoms with Crippen molar-refractivity contribution in [3.05, 3.63) is 29.6 Å². The zero-order chi connectivity index (χ0) is 14.3. The van der Waals surface area contributed by atoms with Crippen LogP contribution in [0.1, 0.15) is 26.3 Å². The molecule has 0 fully saturated rings. The maximum Gasteiger partial charge on any atom is 0.344 e. The van der Waals surface area contributed by atoms with E-state index in [1.165, 1.54) is 6.07 Å². The summed E-state index contributed by atoms with van der Waals surface area (Å²) in [5.41, 5.74) is 0.679. The Kier molecular flexibility index (Phi) is 6.29. The number of para-hydroxylation sites is 1. The SMILES string of the molecule is CCOC(=O)COc1c(F)cccc1CNC(C)C. The minimum Gasteiger partial charge on any atom is -0.478 e. The van der Waals surface area contributed by atoms with Gasteiger partial charge in [0.15, 0.2) is 18.2 Å². The molecule has 4 nitrogen and oxygen atoms in total. The number of esters is 1. The highest BCUT2D eigenvalue weighted by Gasteiger charge is 2.12. The van der Waals surface area contributed by atoms with Crippen LogP contribution in [0.25, 0.3) is 0 Å². The summed E-state index contributed by atoms with van der Waals surface area (Å²) >= 11 is 0. The van der Waals surface area contributed by atoms with E-state index >= 15 is 0 Å². The first-order valence-electron chi connectivity index (χ1n) is 6.33. The minimum absolute atomic E-state index is 0.101. The van der Waals surface area contributed by atoms with Gasteiger partial charge in [-0.3, -0.25) is 0 Å². The van der Waals surface area contributed by atoms with E-state index in [9.17, 15) is 9.18 Å². The van der Waals surface area contributed by atoms with Crippen molar-refractivity contribution in [1.82, 2.24) is 5.32 Å². The summed E-state index contributed by atoms with van der Waals surface area (Å²) in [7, 11) is 0. The molecule has 0 aliphatic heterocycles. The lowest BCUT2D eigenvalue weighted by molar-refractivity contribution is -0.145. The second-order valence-corrected chi connectivity index (χ2v) is 4.36. The number of hydrogen-bond acceptors (Lipinski definition) is 4. The van der Waals surface area contributed by atoms with Crippen molar-refractivity contribution in [2.75, 3.05) is 13.2 Å². The van der Waals surface area contributed by atoms with Crippen LogP contribution < -0.4 is 10.1 Å². The van der Waals surface area contributed by atoms with Gasteiger partial charge < -0.3 is 14.8 Å². The zero-order valence-electron chi connectivity index (χ0n) is 11.5. The van der Waals surface area contributed by atoms with Gasteiger partial charge in [0.05, 0.1) is 6.61 Å². The highest BCUT2D eigenvalue weighted by atomic mass is 19.1. The fourth-order valence-electron chi connectivity index (χ4n) is 1.50. The second-order valence-electron chi connectivity index (χ2n) is 4.36. The Labute approximate surface area is 112 Å². The third-order valence-electron chi connectivity index (χ3n) is 2.39. The summed E-state index contributed by atoms with van der Waals surface area (Å²) in [5.74, 6) is -0.885. The number of ether oxygens (including phenoxy) is 2. The number of halogens is 1. The van der Waals surface area contributed by atoms with Gasteiger partial charge in [0.1, 0.15) is 0 Å². The van der Waals surface area contributed by atoms with E-state index in [0.29, 0.717) is 12.1 Å². The summed E-state index contributed by atoms with van der Waals surface area (Å²) in [4.78, 5) is 11.2. The molecule has 0 aliphatic carbocycles. The molecule has 106 valence electrons. The lowest BCUT2D eigenvalue weighted by Gasteiger charge is -2.14. The van der Waals surface area contributed by atoms with Crippen molar-refractivity contribution in [2.24, 2.45) is 0 Å². The van der Waals surface area contributed by atoms with Gasteiger partial charge in [-0.05, 0) is 13.0 Å². The van der Waals surface area contributed by atoms with Crippen LogP contribution >= 0.6 is 0 Å². The molecule has 0 heterocycles. The summed E-state index contributed by atoms with van der Waals surface area (Å²) in [6.07, 6.45) is 0. The number of carbonyl (C=O) groups excluding carboxylic acids is 1. The van der Waals surface area contributed by atoms with Crippen LogP contribution in [0.4, 0.5) is 4.39 Å². The fourth-order valence-corrected chi connectivity index (χ4v) is 1.50. The molecule has 0 amide bonds. The van der Waals surface area contributed by atoms with Crippen molar-refractivity contribution in [3.8, 4) is 5.75 Å². The summed E-state index contributed by atoms with van der Waals surface area (Å²) in [6.45, 7) is 6.17. The molecule has 5 heteroatoms. The van der Waals surface area contributed by atoms with Gasteiger partial charge in [-0.2, -0.15) is 0 Å². The van der Waals surface area contributed by atoms with Crippen LogP contribution in [-0.2, 0) is 16.1 Å². The van der Waals surface area contributed by atoms with Crippen LogP contribution in [0.3, 0.4) is 0 Å². The number of carbonyl (C=O) groups is 1. The van der Waals surface area contributed by atoms with E-state index in [1.807, 2.05) is 13.8 Å². The third-order valence-corrected chi connectivity index (χ3v) is 2.39. The van der Waals surface area contributed by atoms with Gasteiger partial charge in [-0.15, -0.1) is 0 Å². The molecule has 0 aliphatic rings. The molecule has 0 bridgehead atoms. The van der Waals surface area contributed by atoms with Crippen molar-refractivity contribution in [1.29, 1.82) is 0 Å². The highest BCUT2D eigenvalue weighted by Crippen LogP contribution is 2.22. The molecule has 0 aromatic heterocycles. The Hall–Kier alpha value is -1.62. The highest BCUT2D eigenvalue weighted by molar-refractivity contribution is 5.71. The van der Waals surface area contributed by atoms with E-state index in [4.69, 9.17) is 9.47 Å². The maximum atomic E-state index is 13.7. The van der Waals surface area contributed by atoms with E-state index < -0.39 is 11.8 Å². The number of nitrogens with one attached hydrogen (secondary N) is 1. The van der Waals surface area contributed by atoms with Gasteiger partial charge in [0, 0.05) is 18.2 Å².